The van der Waals surface area contributed by atoms with Crippen molar-refractivity contribution >= 4 is 5.91 Å². The number of benzene rings is 1. The Balaban J connectivity index is 1.87. The smallest absolute Gasteiger partial charge is 0.257 e. The second kappa shape index (κ2) is 6.50. The third kappa shape index (κ3) is 2.99. The van der Waals surface area contributed by atoms with E-state index in [0.717, 1.165) is 19.4 Å². The van der Waals surface area contributed by atoms with Gasteiger partial charge in [-0.1, -0.05) is 12.1 Å². The van der Waals surface area contributed by atoms with E-state index in [1.165, 1.54) is 16.9 Å². The van der Waals surface area contributed by atoms with Crippen LogP contribution in [0.1, 0.15) is 28.9 Å². The lowest BCUT2D eigenvalue weighted by Crippen LogP contribution is -2.47. The number of hydrogen-bond acceptors (Lipinski definition) is 3. The van der Waals surface area contributed by atoms with Gasteiger partial charge in [-0.25, -0.2) is 9.07 Å². The molecule has 1 saturated heterocycles. The maximum absolute atomic E-state index is 14.0. The van der Waals surface area contributed by atoms with E-state index in [4.69, 9.17) is 0 Å². The lowest BCUT2D eigenvalue weighted by molar-refractivity contribution is 0.0697. The second-order valence-electron chi connectivity index (χ2n) is 5.89. The highest BCUT2D eigenvalue weighted by molar-refractivity contribution is 5.95. The van der Waals surface area contributed by atoms with E-state index in [1.54, 1.807) is 25.1 Å². The molecule has 1 amide bonds. The summed E-state index contributed by atoms with van der Waals surface area (Å²) in [5.74, 6) is -0.393. The molecule has 3 rings (SSSR count). The molecule has 1 aliphatic heterocycles. The molecule has 23 heavy (non-hydrogen) atoms. The summed E-state index contributed by atoms with van der Waals surface area (Å²) in [5.41, 5.74) is 1.55. The first-order valence-electron chi connectivity index (χ1n) is 7.88. The van der Waals surface area contributed by atoms with Gasteiger partial charge in [-0.3, -0.25) is 4.79 Å². The van der Waals surface area contributed by atoms with E-state index < -0.39 is 0 Å². The molecule has 2 heterocycles. The fraction of sp³-hybridized carbons (Fsp3) is 0.412. The van der Waals surface area contributed by atoms with Gasteiger partial charge in [0.1, 0.15) is 11.5 Å². The number of likely N-dealkylation sites (tertiary alicyclic amines) is 1. The summed E-state index contributed by atoms with van der Waals surface area (Å²) in [6, 6.07) is 6.76. The Hall–Kier alpha value is -2.21. The molecule has 1 atom stereocenters. The molecule has 6 heteroatoms. The van der Waals surface area contributed by atoms with Crippen molar-refractivity contribution in [2.24, 2.45) is 0 Å². The van der Waals surface area contributed by atoms with Crippen LogP contribution in [0.5, 0.6) is 0 Å². The summed E-state index contributed by atoms with van der Waals surface area (Å²) >= 11 is 0. The van der Waals surface area contributed by atoms with Gasteiger partial charge in [-0.2, -0.15) is 5.10 Å². The molecule has 1 aliphatic rings. The van der Waals surface area contributed by atoms with Crippen molar-refractivity contribution in [3.05, 3.63) is 47.5 Å². The van der Waals surface area contributed by atoms with Gasteiger partial charge in [-0.15, -0.1) is 0 Å². The Morgan fingerprint density at radius 3 is 2.91 bits per heavy atom. The van der Waals surface area contributed by atoms with Crippen LogP contribution in [-0.2, 0) is 0 Å². The van der Waals surface area contributed by atoms with Crippen LogP contribution < -0.4 is 5.32 Å². The van der Waals surface area contributed by atoms with E-state index in [1.807, 2.05) is 11.9 Å². The van der Waals surface area contributed by atoms with Gasteiger partial charge < -0.3 is 10.2 Å². The highest BCUT2D eigenvalue weighted by Crippen LogP contribution is 2.20. The van der Waals surface area contributed by atoms with Crippen molar-refractivity contribution in [1.82, 2.24) is 20.0 Å². The Bertz CT molecular complexity index is 712. The van der Waals surface area contributed by atoms with Crippen molar-refractivity contribution in [3.8, 4) is 5.69 Å². The van der Waals surface area contributed by atoms with E-state index in [2.05, 4.69) is 10.4 Å². The van der Waals surface area contributed by atoms with Crippen LogP contribution in [0, 0.1) is 12.7 Å². The van der Waals surface area contributed by atoms with Crippen LogP contribution in [0.15, 0.2) is 30.5 Å². The van der Waals surface area contributed by atoms with Crippen molar-refractivity contribution < 1.29 is 9.18 Å². The zero-order valence-electron chi connectivity index (χ0n) is 13.4. The van der Waals surface area contributed by atoms with E-state index in [-0.39, 0.29) is 11.7 Å². The molecule has 0 unspecified atom stereocenters. The van der Waals surface area contributed by atoms with Crippen LogP contribution in [0.25, 0.3) is 5.69 Å². The Morgan fingerprint density at radius 2 is 2.17 bits per heavy atom. The van der Waals surface area contributed by atoms with E-state index in [0.29, 0.717) is 29.5 Å². The quantitative estimate of drug-likeness (QED) is 0.944. The Labute approximate surface area is 135 Å². The first-order valence-corrected chi connectivity index (χ1v) is 7.88. The molecule has 2 aromatic rings. The molecular weight excluding hydrogens is 295 g/mol. The molecule has 0 spiro atoms. The number of carbonyl (C=O) groups excluding carboxylic acids is 1. The average Bonchev–Trinajstić information content (AvgIpc) is 2.96. The van der Waals surface area contributed by atoms with E-state index in [9.17, 15) is 9.18 Å². The molecule has 1 aromatic heterocycles. The first kappa shape index (κ1) is 15.7. The zero-order valence-corrected chi connectivity index (χ0v) is 13.4. The maximum Gasteiger partial charge on any atom is 0.257 e. The number of piperidine rings is 1. The third-order valence-corrected chi connectivity index (χ3v) is 4.44. The van der Waals surface area contributed by atoms with Crippen LogP contribution in [-0.4, -0.2) is 46.8 Å². The summed E-state index contributed by atoms with van der Waals surface area (Å²) in [4.78, 5) is 14.6. The lowest BCUT2D eigenvalue weighted by atomic mass is 10.0. The molecule has 0 bridgehead atoms. The number of halogens is 1. The monoisotopic (exact) mass is 316 g/mol. The van der Waals surface area contributed by atoms with Crippen molar-refractivity contribution in [1.29, 1.82) is 0 Å². The number of carbonyl (C=O) groups is 1. The molecule has 0 aliphatic carbocycles. The van der Waals surface area contributed by atoms with Gasteiger partial charge >= 0.3 is 0 Å². The van der Waals surface area contributed by atoms with Gasteiger partial charge in [-0.05, 0) is 38.9 Å². The highest BCUT2D eigenvalue weighted by Gasteiger charge is 2.26. The molecule has 0 saturated carbocycles. The number of nitrogens with zero attached hydrogens (tertiary/aromatic N) is 3. The number of amides is 1. The number of likely N-dealkylation sites (N-methyl/N-ethyl adjacent to an activating group) is 1. The van der Waals surface area contributed by atoms with Crippen molar-refractivity contribution in [2.45, 2.75) is 25.8 Å². The minimum atomic E-state index is -0.356. The predicted molar refractivity (Wildman–Crippen MR) is 86.2 cm³/mol. The van der Waals surface area contributed by atoms with Gasteiger partial charge in [0.15, 0.2) is 0 Å². The van der Waals surface area contributed by atoms with Gasteiger partial charge in [0.05, 0.1) is 17.5 Å². The summed E-state index contributed by atoms with van der Waals surface area (Å²) < 4.78 is 15.4. The van der Waals surface area contributed by atoms with Crippen LogP contribution in [0.3, 0.4) is 0 Å². The summed E-state index contributed by atoms with van der Waals surface area (Å²) in [6.45, 7) is 3.24. The first-order chi connectivity index (χ1) is 11.1. The molecular formula is C17H21FN4O. The zero-order chi connectivity index (χ0) is 16.4. The Morgan fingerprint density at radius 1 is 1.39 bits per heavy atom. The van der Waals surface area contributed by atoms with Crippen molar-refractivity contribution in [3.63, 3.8) is 0 Å². The number of para-hydroxylation sites is 1. The largest absolute Gasteiger partial charge is 0.337 e. The molecule has 0 radical (unpaired) electrons. The maximum atomic E-state index is 14.0. The molecule has 5 nitrogen and oxygen atoms in total. The number of rotatable bonds is 3. The predicted octanol–water partition coefficient (Wildman–Crippen LogP) is 2.14. The van der Waals surface area contributed by atoms with Gasteiger partial charge in [0.2, 0.25) is 0 Å². The number of nitrogens with one attached hydrogen (secondary N) is 1. The normalized spacial score (nSPS) is 18.2. The third-order valence-electron chi connectivity index (χ3n) is 4.44. The van der Waals surface area contributed by atoms with Crippen LogP contribution in [0.2, 0.25) is 0 Å². The SMILES string of the molecule is CN[C@@H]1CCCN(C(=O)c2cnn(-c3ccccc3F)c2C)C1. The average molecular weight is 316 g/mol. The van der Waals surface area contributed by atoms with Crippen LogP contribution in [0.4, 0.5) is 4.39 Å². The number of aromatic nitrogens is 2. The summed E-state index contributed by atoms with van der Waals surface area (Å²) in [6.07, 6.45) is 3.60. The van der Waals surface area contributed by atoms with Gasteiger partial charge in [0.25, 0.3) is 5.91 Å². The fourth-order valence-electron chi connectivity index (χ4n) is 3.05. The van der Waals surface area contributed by atoms with Crippen molar-refractivity contribution in [2.75, 3.05) is 20.1 Å². The standard InChI is InChI=1S/C17H21FN4O/c1-12-14(17(23)21-9-5-6-13(11-21)19-2)10-20-22(12)16-8-4-3-7-15(16)18/h3-4,7-8,10,13,19H,5-6,9,11H2,1-2H3/t13-/m1/s1. The second-order valence-corrected chi connectivity index (χ2v) is 5.89. The molecule has 1 fully saturated rings. The molecule has 122 valence electrons. The van der Waals surface area contributed by atoms with Gasteiger partial charge in [0, 0.05) is 19.1 Å². The lowest BCUT2D eigenvalue weighted by Gasteiger charge is -2.32. The highest BCUT2D eigenvalue weighted by atomic mass is 19.1. The topological polar surface area (TPSA) is 50.2 Å². The Kier molecular flexibility index (Phi) is 4.43. The minimum Gasteiger partial charge on any atom is -0.337 e. The van der Waals surface area contributed by atoms with Crippen LogP contribution >= 0.6 is 0 Å². The molecule has 1 aromatic carbocycles. The number of hydrogen-bond donors (Lipinski definition) is 1. The van der Waals surface area contributed by atoms with E-state index >= 15 is 0 Å². The summed E-state index contributed by atoms with van der Waals surface area (Å²) in [5, 5.41) is 7.44. The molecule has 1 N–H and O–H groups in total. The summed E-state index contributed by atoms with van der Waals surface area (Å²) in [7, 11) is 1.92. The fourth-order valence-corrected chi connectivity index (χ4v) is 3.05. The minimum absolute atomic E-state index is 0.0370.